The summed E-state index contributed by atoms with van der Waals surface area (Å²) in [6.45, 7) is 3.89. The van der Waals surface area contributed by atoms with Crippen molar-refractivity contribution in [2.24, 2.45) is 0 Å². The molecule has 3 heterocycles. The molecule has 0 fully saturated rings. The highest BCUT2D eigenvalue weighted by molar-refractivity contribution is 7.16. The van der Waals surface area contributed by atoms with Crippen molar-refractivity contribution in [3.63, 3.8) is 0 Å². The van der Waals surface area contributed by atoms with E-state index in [0.717, 1.165) is 21.7 Å². The molecule has 1 amide bonds. The Kier molecular flexibility index (Phi) is 5.63. The lowest BCUT2D eigenvalue weighted by Crippen LogP contribution is -2.17. The Balaban J connectivity index is 1.73. The summed E-state index contributed by atoms with van der Waals surface area (Å²) < 4.78 is 18.8. The molecule has 0 saturated heterocycles. The second kappa shape index (κ2) is 8.51. The number of aryl methyl sites for hydroxylation is 2. The van der Waals surface area contributed by atoms with Crippen molar-refractivity contribution in [3.8, 4) is 0 Å². The molecule has 4 aromatic rings. The van der Waals surface area contributed by atoms with E-state index in [4.69, 9.17) is 4.42 Å². The molecule has 7 heteroatoms. The predicted molar refractivity (Wildman–Crippen MR) is 117 cm³/mol. The van der Waals surface area contributed by atoms with Crippen molar-refractivity contribution in [3.05, 3.63) is 100 Å². The maximum absolute atomic E-state index is 13.5. The van der Waals surface area contributed by atoms with Crippen molar-refractivity contribution in [2.45, 2.75) is 19.9 Å². The molecular weight excluding hydrogens is 401 g/mol. The van der Waals surface area contributed by atoms with Gasteiger partial charge in [0.25, 0.3) is 5.91 Å². The van der Waals surface area contributed by atoms with E-state index in [1.807, 2.05) is 38.1 Å². The maximum Gasteiger partial charge on any atom is 0.291 e. The number of carbonyl (C=O) groups excluding carboxylic acids is 1. The summed E-state index contributed by atoms with van der Waals surface area (Å²) in [4.78, 5) is 18.1. The van der Waals surface area contributed by atoms with Gasteiger partial charge in [0.2, 0.25) is 0 Å². The molecule has 3 aromatic heterocycles. The zero-order chi connectivity index (χ0) is 21.1. The van der Waals surface area contributed by atoms with Gasteiger partial charge in [0, 0.05) is 16.1 Å². The fourth-order valence-corrected chi connectivity index (χ4v) is 4.13. The zero-order valence-corrected chi connectivity index (χ0v) is 17.3. The Morgan fingerprint density at radius 2 is 1.90 bits per heavy atom. The second-order valence-electron chi connectivity index (χ2n) is 6.87. The number of benzene rings is 1. The first-order chi connectivity index (χ1) is 14.5. The molecule has 2 N–H and O–H groups in total. The van der Waals surface area contributed by atoms with Crippen molar-refractivity contribution in [2.75, 3.05) is 10.6 Å². The highest BCUT2D eigenvalue weighted by Crippen LogP contribution is 2.37. The minimum absolute atomic E-state index is 0.235. The summed E-state index contributed by atoms with van der Waals surface area (Å²) in [5.41, 5.74) is 2.60. The topological polar surface area (TPSA) is 67.2 Å². The lowest BCUT2D eigenvalue weighted by Gasteiger charge is -2.21. The number of amides is 1. The summed E-state index contributed by atoms with van der Waals surface area (Å²) in [5, 5.41) is 7.07. The highest BCUT2D eigenvalue weighted by atomic mass is 32.1. The number of anilines is 2. The van der Waals surface area contributed by atoms with Crippen LogP contribution in [0.2, 0.25) is 0 Å². The zero-order valence-electron chi connectivity index (χ0n) is 16.5. The van der Waals surface area contributed by atoms with E-state index in [2.05, 4.69) is 15.6 Å². The number of nitrogens with zero attached hydrogens (tertiary/aromatic N) is 1. The van der Waals surface area contributed by atoms with Crippen molar-refractivity contribution in [1.82, 2.24) is 4.98 Å². The number of nitrogens with one attached hydrogen (secondary N) is 2. The van der Waals surface area contributed by atoms with Gasteiger partial charge < -0.3 is 15.1 Å². The monoisotopic (exact) mass is 421 g/mol. The van der Waals surface area contributed by atoms with Gasteiger partial charge in [0.05, 0.1) is 12.3 Å². The van der Waals surface area contributed by atoms with Gasteiger partial charge in [0.1, 0.15) is 16.6 Å². The predicted octanol–water partition coefficient (Wildman–Crippen LogP) is 5.95. The van der Waals surface area contributed by atoms with Gasteiger partial charge in [-0.3, -0.25) is 4.79 Å². The van der Waals surface area contributed by atoms with Gasteiger partial charge in [-0.1, -0.05) is 18.2 Å². The first-order valence-corrected chi connectivity index (χ1v) is 10.2. The van der Waals surface area contributed by atoms with Gasteiger partial charge >= 0.3 is 0 Å². The third kappa shape index (κ3) is 4.41. The fraction of sp³-hybridized carbons (Fsp3) is 0.130. The van der Waals surface area contributed by atoms with Crippen LogP contribution >= 0.6 is 11.3 Å². The van der Waals surface area contributed by atoms with Gasteiger partial charge in [-0.15, -0.1) is 11.3 Å². The van der Waals surface area contributed by atoms with Gasteiger partial charge in [-0.25, -0.2) is 9.37 Å². The van der Waals surface area contributed by atoms with E-state index >= 15 is 0 Å². The normalized spacial score (nSPS) is 11.8. The summed E-state index contributed by atoms with van der Waals surface area (Å²) in [6.07, 6.45) is 1.46. The highest BCUT2D eigenvalue weighted by Gasteiger charge is 2.23. The number of carbonyl (C=O) groups is 1. The van der Waals surface area contributed by atoms with Gasteiger partial charge in [0.15, 0.2) is 5.76 Å². The average Bonchev–Trinajstić information content (AvgIpc) is 3.37. The Morgan fingerprint density at radius 1 is 1.10 bits per heavy atom. The Labute approximate surface area is 177 Å². The fourth-order valence-electron chi connectivity index (χ4n) is 3.19. The molecule has 0 aliphatic heterocycles. The Morgan fingerprint density at radius 3 is 2.60 bits per heavy atom. The largest absolute Gasteiger partial charge is 0.459 e. The smallest absolute Gasteiger partial charge is 0.291 e. The molecule has 0 spiro atoms. The lowest BCUT2D eigenvalue weighted by molar-refractivity contribution is 0.0997. The molecule has 4 rings (SSSR count). The molecule has 0 radical (unpaired) electrons. The first-order valence-electron chi connectivity index (χ1n) is 9.40. The average molecular weight is 421 g/mol. The van der Waals surface area contributed by atoms with Crippen LogP contribution in [0.15, 0.2) is 71.3 Å². The minimum Gasteiger partial charge on any atom is -0.459 e. The number of hydrogen-bond donors (Lipinski definition) is 2. The number of halogens is 1. The van der Waals surface area contributed by atoms with E-state index in [1.165, 1.54) is 29.7 Å². The lowest BCUT2D eigenvalue weighted by atomic mass is 10.00. The molecular formula is C23H20FN3O2S. The third-order valence-corrected chi connectivity index (χ3v) is 5.53. The maximum atomic E-state index is 13.5. The standard InChI is InChI=1S/C23H20FN3O2S/c1-14-5-3-7-20(25-14)26-21(16-8-10-17(24)11-9-16)18-13-15(2)30-23(18)27-22(28)19-6-4-12-29-19/h3-13,21H,1-2H3,(H,25,26)(H,27,28). The van der Waals surface area contributed by atoms with Crippen LogP contribution in [0.3, 0.4) is 0 Å². The van der Waals surface area contributed by atoms with Crippen molar-refractivity contribution >= 4 is 28.1 Å². The summed E-state index contributed by atoms with van der Waals surface area (Å²) in [6, 6.07) is 17.0. The van der Waals surface area contributed by atoms with Crippen LogP contribution in [0.5, 0.6) is 0 Å². The summed E-state index contributed by atoms with van der Waals surface area (Å²) in [7, 11) is 0. The van der Waals surface area contributed by atoms with Crippen LogP contribution in [-0.4, -0.2) is 10.9 Å². The number of pyridine rings is 1. The van der Waals surface area contributed by atoms with Crippen molar-refractivity contribution < 1.29 is 13.6 Å². The molecule has 0 bridgehead atoms. The van der Waals surface area contributed by atoms with E-state index in [1.54, 1.807) is 24.3 Å². The summed E-state index contributed by atoms with van der Waals surface area (Å²) in [5.74, 6) is 0.295. The summed E-state index contributed by atoms with van der Waals surface area (Å²) >= 11 is 1.47. The number of rotatable bonds is 6. The van der Waals surface area contributed by atoms with E-state index < -0.39 is 0 Å². The number of hydrogen-bond acceptors (Lipinski definition) is 5. The second-order valence-corrected chi connectivity index (χ2v) is 8.12. The van der Waals surface area contributed by atoms with E-state index in [0.29, 0.717) is 10.8 Å². The molecule has 0 aliphatic rings. The van der Waals surface area contributed by atoms with E-state index in [-0.39, 0.29) is 23.5 Å². The van der Waals surface area contributed by atoms with E-state index in [9.17, 15) is 9.18 Å². The third-order valence-electron chi connectivity index (χ3n) is 4.55. The number of furan rings is 1. The molecule has 30 heavy (non-hydrogen) atoms. The van der Waals surface area contributed by atoms with Gasteiger partial charge in [-0.2, -0.15) is 0 Å². The molecule has 0 aliphatic carbocycles. The minimum atomic E-state index is -0.336. The number of aromatic nitrogens is 1. The number of thiophene rings is 1. The van der Waals surface area contributed by atoms with Crippen LogP contribution in [-0.2, 0) is 0 Å². The van der Waals surface area contributed by atoms with Crippen LogP contribution < -0.4 is 10.6 Å². The SMILES string of the molecule is Cc1cccc(NC(c2ccc(F)cc2)c2cc(C)sc2NC(=O)c2ccco2)n1. The molecule has 1 unspecified atom stereocenters. The Bertz CT molecular complexity index is 1150. The molecule has 0 saturated carbocycles. The van der Waals surface area contributed by atoms with Crippen molar-refractivity contribution in [1.29, 1.82) is 0 Å². The Hall–Kier alpha value is -3.45. The molecule has 1 aromatic carbocycles. The van der Waals surface area contributed by atoms with Crippen LogP contribution in [0.25, 0.3) is 0 Å². The quantitative estimate of drug-likeness (QED) is 0.404. The first kappa shape index (κ1) is 19.8. The van der Waals surface area contributed by atoms with Crippen LogP contribution in [0, 0.1) is 19.7 Å². The van der Waals surface area contributed by atoms with Crippen LogP contribution in [0.4, 0.5) is 15.2 Å². The molecule has 152 valence electrons. The molecule has 1 atom stereocenters. The molecule has 5 nitrogen and oxygen atoms in total. The van der Waals surface area contributed by atoms with Crippen LogP contribution in [0.1, 0.15) is 38.3 Å². The van der Waals surface area contributed by atoms with Gasteiger partial charge in [-0.05, 0) is 61.9 Å².